The van der Waals surface area contributed by atoms with Crippen LogP contribution < -0.4 is 10.1 Å². The summed E-state index contributed by atoms with van der Waals surface area (Å²) in [6.45, 7) is 4.18. The van der Waals surface area contributed by atoms with Gasteiger partial charge in [-0.2, -0.15) is 10.2 Å². The monoisotopic (exact) mass is 438 g/mol. The molecule has 1 saturated carbocycles. The number of aromatic nitrogens is 4. The van der Waals surface area contributed by atoms with Crippen LogP contribution in [-0.4, -0.2) is 61.1 Å². The summed E-state index contributed by atoms with van der Waals surface area (Å²) >= 11 is 0. The number of rotatable bonds is 7. The Bertz CT molecular complexity index is 1160. The van der Waals surface area contributed by atoms with Crippen LogP contribution >= 0.6 is 0 Å². The van der Waals surface area contributed by atoms with Crippen molar-refractivity contribution >= 4 is 23.3 Å². The van der Waals surface area contributed by atoms with Gasteiger partial charge in [0.15, 0.2) is 11.6 Å². The predicted molar refractivity (Wildman–Crippen MR) is 117 cm³/mol. The number of carboxylic acid groups (broad SMARTS) is 1. The van der Waals surface area contributed by atoms with Gasteiger partial charge in [-0.05, 0) is 38.3 Å². The zero-order chi connectivity index (χ0) is 22.2. The van der Waals surface area contributed by atoms with Gasteiger partial charge in [0.1, 0.15) is 5.69 Å². The van der Waals surface area contributed by atoms with Crippen LogP contribution in [0.3, 0.4) is 0 Å². The summed E-state index contributed by atoms with van der Waals surface area (Å²) < 4.78 is 9.72. The second-order valence-corrected chi connectivity index (χ2v) is 8.45. The molecular weight excluding hydrogens is 412 g/mol. The third-order valence-corrected chi connectivity index (χ3v) is 6.07. The number of likely N-dealkylation sites (tertiary alicyclic amines) is 1. The number of amides is 2. The van der Waals surface area contributed by atoms with Crippen molar-refractivity contribution in [2.24, 2.45) is 11.8 Å². The molecule has 0 spiro atoms. The molecule has 32 heavy (non-hydrogen) atoms. The summed E-state index contributed by atoms with van der Waals surface area (Å²) in [6, 6.07) is 5.80. The van der Waals surface area contributed by atoms with E-state index in [2.05, 4.69) is 15.5 Å². The van der Waals surface area contributed by atoms with E-state index in [9.17, 15) is 9.59 Å². The highest BCUT2D eigenvalue weighted by Gasteiger charge is 2.30. The SMILES string of the molecule is CCn1ncc(OC[C@@H]2CCN(C(=O)O)C2)c1-c1ccn2nc(NC(=O)C3CC3)cc2c1. The van der Waals surface area contributed by atoms with Crippen LogP contribution in [0, 0.1) is 11.8 Å². The number of hydrogen-bond acceptors (Lipinski definition) is 5. The van der Waals surface area contributed by atoms with Gasteiger partial charge < -0.3 is 20.1 Å². The van der Waals surface area contributed by atoms with Crippen molar-refractivity contribution in [1.82, 2.24) is 24.3 Å². The molecule has 3 aromatic rings. The Morgan fingerprint density at radius 1 is 1.28 bits per heavy atom. The number of aryl methyl sites for hydroxylation is 1. The number of nitrogens with zero attached hydrogens (tertiary/aromatic N) is 5. The summed E-state index contributed by atoms with van der Waals surface area (Å²) in [7, 11) is 0. The lowest BCUT2D eigenvalue weighted by molar-refractivity contribution is -0.117. The van der Waals surface area contributed by atoms with Crippen molar-refractivity contribution in [2.75, 3.05) is 25.0 Å². The van der Waals surface area contributed by atoms with Crippen LogP contribution in [0.25, 0.3) is 16.8 Å². The van der Waals surface area contributed by atoms with E-state index in [4.69, 9.17) is 9.84 Å². The Labute approximate surface area is 184 Å². The highest BCUT2D eigenvalue weighted by molar-refractivity contribution is 5.93. The van der Waals surface area contributed by atoms with E-state index in [1.54, 1.807) is 10.7 Å². The largest absolute Gasteiger partial charge is 0.489 e. The molecule has 2 amide bonds. The molecule has 2 aliphatic rings. The van der Waals surface area contributed by atoms with Gasteiger partial charge in [0.2, 0.25) is 5.91 Å². The Morgan fingerprint density at radius 3 is 2.84 bits per heavy atom. The molecule has 168 valence electrons. The highest BCUT2D eigenvalue weighted by Crippen LogP contribution is 2.33. The highest BCUT2D eigenvalue weighted by atomic mass is 16.5. The summed E-state index contributed by atoms with van der Waals surface area (Å²) in [5.74, 6) is 1.53. The van der Waals surface area contributed by atoms with Crippen molar-refractivity contribution in [1.29, 1.82) is 0 Å². The average Bonchev–Trinajstić information content (AvgIpc) is 3.20. The quantitative estimate of drug-likeness (QED) is 0.586. The number of carbonyl (C=O) groups excluding carboxylic acids is 1. The molecule has 1 aliphatic heterocycles. The molecular formula is C22H26N6O4. The summed E-state index contributed by atoms with van der Waals surface area (Å²) in [5, 5.41) is 20.9. The van der Waals surface area contributed by atoms with E-state index in [-0.39, 0.29) is 17.7 Å². The van der Waals surface area contributed by atoms with E-state index >= 15 is 0 Å². The number of carbonyl (C=O) groups is 2. The number of nitrogens with one attached hydrogen (secondary N) is 1. The van der Waals surface area contributed by atoms with E-state index in [1.807, 2.05) is 36.0 Å². The smallest absolute Gasteiger partial charge is 0.407 e. The number of pyridine rings is 1. The number of ether oxygens (including phenoxy) is 1. The lowest BCUT2D eigenvalue weighted by Crippen LogP contribution is -2.27. The van der Waals surface area contributed by atoms with Crippen molar-refractivity contribution in [3.8, 4) is 17.0 Å². The first-order valence-electron chi connectivity index (χ1n) is 11.0. The van der Waals surface area contributed by atoms with Crippen LogP contribution in [0.15, 0.2) is 30.6 Å². The van der Waals surface area contributed by atoms with Crippen LogP contribution in [0.4, 0.5) is 10.6 Å². The lowest BCUT2D eigenvalue weighted by atomic mass is 10.1. The van der Waals surface area contributed by atoms with E-state index in [0.717, 1.165) is 36.0 Å². The Morgan fingerprint density at radius 2 is 2.12 bits per heavy atom. The lowest BCUT2D eigenvalue weighted by Gasteiger charge is -2.14. The number of anilines is 1. The normalized spacial score (nSPS) is 18.3. The third kappa shape index (κ3) is 4.00. The van der Waals surface area contributed by atoms with Crippen molar-refractivity contribution in [3.63, 3.8) is 0 Å². The van der Waals surface area contributed by atoms with Gasteiger partial charge in [-0.15, -0.1) is 0 Å². The van der Waals surface area contributed by atoms with E-state index in [0.29, 0.717) is 37.8 Å². The molecule has 3 aromatic heterocycles. The summed E-state index contributed by atoms with van der Waals surface area (Å²) in [4.78, 5) is 24.6. The van der Waals surface area contributed by atoms with Gasteiger partial charge in [0.25, 0.3) is 0 Å². The van der Waals surface area contributed by atoms with Gasteiger partial charge in [0, 0.05) is 49.3 Å². The molecule has 1 aliphatic carbocycles. The van der Waals surface area contributed by atoms with Gasteiger partial charge in [-0.25, -0.2) is 9.31 Å². The Balaban J connectivity index is 1.35. The average molecular weight is 438 g/mol. The zero-order valence-electron chi connectivity index (χ0n) is 17.9. The van der Waals surface area contributed by atoms with Crippen molar-refractivity contribution < 1.29 is 19.4 Å². The molecule has 0 aromatic carbocycles. The minimum atomic E-state index is -0.881. The van der Waals surface area contributed by atoms with Gasteiger partial charge in [-0.3, -0.25) is 9.48 Å². The number of hydrogen-bond donors (Lipinski definition) is 2. The van der Waals surface area contributed by atoms with Gasteiger partial charge in [0.05, 0.1) is 18.3 Å². The minimum absolute atomic E-state index is 0.0294. The molecule has 0 unspecified atom stereocenters. The van der Waals surface area contributed by atoms with E-state index in [1.165, 1.54) is 4.90 Å². The fourth-order valence-electron chi connectivity index (χ4n) is 4.13. The molecule has 5 rings (SSSR count). The van der Waals surface area contributed by atoms with E-state index < -0.39 is 6.09 Å². The minimum Gasteiger partial charge on any atom is -0.489 e. The maximum absolute atomic E-state index is 12.0. The topological polar surface area (TPSA) is 114 Å². The molecule has 10 heteroatoms. The fourth-order valence-corrected chi connectivity index (χ4v) is 4.13. The maximum Gasteiger partial charge on any atom is 0.407 e. The molecule has 10 nitrogen and oxygen atoms in total. The molecule has 1 atom stereocenters. The first-order valence-corrected chi connectivity index (χ1v) is 11.0. The fraction of sp³-hybridized carbons (Fsp3) is 0.455. The molecule has 2 N–H and O–H groups in total. The van der Waals surface area contributed by atoms with Crippen LogP contribution in [0.5, 0.6) is 5.75 Å². The molecule has 0 radical (unpaired) electrons. The van der Waals surface area contributed by atoms with Crippen molar-refractivity contribution in [2.45, 2.75) is 32.7 Å². The van der Waals surface area contributed by atoms with Crippen LogP contribution in [0.1, 0.15) is 26.2 Å². The second-order valence-electron chi connectivity index (χ2n) is 8.45. The first-order chi connectivity index (χ1) is 15.5. The van der Waals surface area contributed by atoms with Crippen LogP contribution in [-0.2, 0) is 11.3 Å². The zero-order valence-corrected chi connectivity index (χ0v) is 17.9. The Hall–Kier alpha value is -3.56. The standard InChI is InChI=1S/C22H26N6O4/c1-2-27-20(18(11-23-27)32-13-14-5-7-26(12-14)22(30)31)16-6-8-28-17(9-16)10-19(25-28)24-21(29)15-3-4-15/h6,8-11,14-15H,2-5,7,12-13H2,1H3,(H,30,31)(H,24,25,29)/t14-/m1/s1. The van der Waals surface area contributed by atoms with Gasteiger partial charge in [-0.1, -0.05) is 0 Å². The van der Waals surface area contributed by atoms with Crippen LogP contribution in [0.2, 0.25) is 0 Å². The molecule has 0 bridgehead atoms. The predicted octanol–water partition coefficient (Wildman–Crippen LogP) is 2.94. The molecule has 4 heterocycles. The second kappa shape index (κ2) is 8.18. The Kier molecular flexibility index (Phi) is 5.20. The van der Waals surface area contributed by atoms with Crippen molar-refractivity contribution in [3.05, 3.63) is 30.6 Å². The maximum atomic E-state index is 12.0. The third-order valence-electron chi connectivity index (χ3n) is 6.07. The molecule has 1 saturated heterocycles. The summed E-state index contributed by atoms with van der Waals surface area (Å²) in [5.41, 5.74) is 2.66. The first kappa shape index (κ1) is 20.3. The number of fused-ring (bicyclic) bond motifs is 1. The molecule has 2 fully saturated rings. The van der Waals surface area contributed by atoms with Gasteiger partial charge >= 0.3 is 6.09 Å². The summed E-state index contributed by atoms with van der Waals surface area (Å²) in [6.07, 6.45) is 5.38.